The number of ketones is 2. The van der Waals surface area contributed by atoms with Crippen LogP contribution in [0.4, 0.5) is 0 Å². The minimum absolute atomic E-state index is 0.142. The summed E-state index contributed by atoms with van der Waals surface area (Å²) in [6, 6.07) is 7.62. The lowest BCUT2D eigenvalue weighted by atomic mass is 10.0. The SMILES string of the molecule is CCOC(=O)CC(=O)CCc1ccc(CCC(=O)CC(=O)OCC)cc1. The Morgan fingerprint density at radius 2 is 1.04 bits per heavy atom. The van der Waals surface area contributed by atoms with Gasteiger partial charge in [-0.15, -0.1) is 0 Å². The Balaban J connectivity index is 2.34. The van der Waals surface area contributed by atoms with E-state index in [-0.39, 0.29) is 50.5 Å². The maximum atomic E-state index is 11.7. The van der Waals surface area contributed by atoms with Crippen molar-refractivity contribution in [3.8, 4) is 0 Å². The zero-order valence-electron chi connectivity index (χ0n) is 15.4. The maximum absolute atomic E-state index is 11.7. The van der Waals surface area contributed by atoms with Gasteiger partial charge in [-0.1, -0.05) is 24.3 Å². The summed E-state index contributed by atoms with van der Waals surface area (Å²) in [5.41, 5.74) is 1.98. The van der Waals surface area contributed by atoms with Crippen molar-refractivity contribution in [2.45, 2.75) is 52.4 Å². The van der Waals surface area contributed by atoms with Gasteiger partial charge in [-0.25, -0.2) is 0 Å². The van der Waals surface area contributed by atoms with E-state index in [2.05, 4.69) is 0 Å². The molecule has 0 saturated heterocycles. The monoisotopic (exact) mass is 362 g/mol. The van der Waals surface area contributed by atoms with Crippen molar-refractivity contribution in [1.29, 1.82) is 0 Å². The molecule has 6 heteroatoms. The molecule has 0 saturated carbocycles. The fourth-order valence-corrected chi connectivity index (χ4v) is 2.36. The lowest BCUT2D eigenvalue weighted by molar-refractivity contribution is -0.147. The molecule has 0 bridgehead atoms. The molecule has 6 nitrogen and oxygen atoms in total. The average Bonchev–Trinajstić information content (AvgIpc) is 2.59. The molecule has 0 N–H and O–H groups in total. The average molecular weight is 362 g/mol. The summed E-state index contributed by atoms with van der Waals surface area (Å²) in [5, 5.41) is 0. The zero-order chi connectivity index (χ0) is 19.4. The summed E-state index contributed by atoms with van der Waals surface area (Å²) in [6.07, 6.45) is 1.32. The molecule has 0 atom stereocenters. The number of ether oxygens (including phenoxy) is 2. The van der Waals surface area contributed by atoms with Crippen molar-refractivity contribution in [1.82, 2.24) is 0 Å². The molecule has 1 aromatic rings. The fourth-order valence-electron chi connectivity index (χ4n) is 2.36. The Morgan fingerprint density at radius 3 is 1.35 bits per heavy atom. The Kier molecular flexibility index (Phi) is 9.90. The predicted octanol–water partition coefficient (Wildman–Crippen LogP) is 2.60. The summed E-state index contributed by atoms with van der Waals surface area (Å²) < 4.78 is 9.50. The van der Waals surface area contributed by atoms with E-state index in [1.807, 2.05) is 24.3 Å². The lowest BCUT2D eigenvalue weighted by Crippen LogP contribution is -2.12. The number of rotatable bonds is 12. The molecule has 1 aromatic carbocycles. The Labute approximate surface area is 153 Å². The van der Waals surface area contributed by atoms with E-state index in [1.54, 1.807) is 13.8 Å². The molecular formula is C20H26O6. The van der Waals surface area contributed by atoms with Crippen LogP contribution in [-0.4, -0.2) is 36.7 Å². The van der Waals surface area contributed by atoms with Crippen molar-refractivity contribution in [2.24, 2.45) is 0 Å². The molecule has 0 amide bonds. The number of benzene rings is 1. The number of hydrogen-bond acceptors (Lipinski definition) is 6. The highest BCUT2D eigenvalue weighted by Gasteiger charge is 2.11. The van der Waals surface area contributed by atoms with Crippen LogP contribution in [0.25, 0.3) is 0 Å². The van der Waals surface area contributed by atoms with Crippen LogP contribution in [-0.2, 0) is 41.5 Å². The highest BCUT2D eigenvalue weighted by molar-refractivity contribution is 5.96. The van der Waals surface area contributed by atoms with Gasteiger partial charge in [-0.3, -0.25) is 19.2 Å². The highest BCUT2D eigenvalue weighted by Crippen LogP contribution is 2.10. The van der Waals surface area contributed by atoms with Crippen LogP contribution in [0.5, 0.6) is 0 Å². The second kappa shape index (κ2) is 12.0. The third-order valence-corrected chi connectivity index (χ3v) is 3.70. The van der Waals surface area contributed by atoms with Crippen LogP contribution in [0.15, 0.2) is 24.3 Å². The molecule has 0 unspecified atom stereocenters. The first-order valence-electron chi connectivity index (χ1n) is 8.87. The molecule has 142 valence electrons. The van der Waals surface area contributed by atoms with E-state index >= 15 is 0 Å². The van der Waals surface area contributed by atoms with Gasteiger partial charge in [0.15, 0.2) is 0 Å². The quantitative estimate of drug-likeness (QED) is 0.420. The largest absolute Gasteiger partial charge is 0.466 e. The van der Waals surface area contributed by atoms with E-state index in [4.69, 9.17) is 9.47 Å². The Morgan fingerprint density at radius 1 is 0.692 bits per heavy atom. The molecule has 1 rings (SSSR count). The predicted molar refractivity (Wildman–Crippen MR) is 95.6 cm³/mol. The molecule has 0 spiro atoms. The smallest absolute Gasteiger partial charge is 0.313 e. The standard InChI is InChI=1S/C20H26O6/c1-3-25-19(23)13-17(21)11-9-15-5-7-16(8-6-15)10-12-18(22)14-20(24)26-4-2/h5-8H,3-4,9-14H2,1-2H3. The first-order chi connectivity index (χ1) is 12.4. The topological polar surface area (TPSA) is 86.7 Å². The first kappa shape index (κ1) is 21.5. The minimum atomic E-state index is -0.486. The molecule has 0 radical (unpaired) electrons. The number of carbonyl (C=O) groups excluding carboxylic acids is 4. The zero-order valence-corrected chi connectivity index (χ0v) is 15.4. The van der Waals surface area contributed by atoms with Gasteiger partial charge in [0, 0.05) is 12.8 Å². The molecule has 0 aliphatic heterocycles. The van der Waals surface area contributed by atoms with Crippen LogP contribution < -0.4 is 0 Å². The minimum Gasteiger partial charge on any atom is -0.466 e. The lowest BCUT2D eigenvalue weighted by Gasteiger charge is -2.05. The molecule has 0 aromatic heterocycles. The van der Waals surface area contributed by atoms with E-state index in [1.165, 1.54) is 0 Å². The van der Waals surface area contributed by atoms with Crippen LogP contribution in [0.1, 0.15) is 50.7 Å². The fraction of sp³-hybridized carbons (Fsp3) is 0.500. The number of Topliss-reactive ketones (excluding diaryl/α,β-unsaturated/α-hetero) is 2. The molecule has 0 fully saturated rings. The Hall–Kier alpha value is -2.50. The maximum Gasteiger partial charge on any atom is 0.313 e. The number of carbonyl (C=O) groups is 4. The number of aryl methyl sites for hydroxylation is 2. The van der Waals surface area contributed by atoms with E-state index in [9.17, 15) is 19.2 Å². The first-order valence-corrected chi connectivity index (χ1v) is 8.87. The molecule has 26 heavy (non-hydrogen) atoms. The van der Waals surface area contributed by atoms with Crippen LogP contribution in [0.3, 0.4) is 0 Å². The van der Waals surface area contributed by atoms with E-state index in [0.717, 1.165) is 11.1 Å². The third-order valence-electron chi connectivity index (χ3n) is 3.70. The summed E-state index contributed by atoms with van der Waals surface area (Å²) in [6.45, 7) is 3.95. The second-order valence-electron chi connectivity index (χ2n) is 5.86. The van der Waals surface area contributed by atoms with Crippen molar-refractivity contribution >= 4 is 23.5 Å². The summed E-state index contributed by atoms with van der Waals surface area (Å²) in [7, 11) is 0. The van der Waals surface area contributed by atoms with Gasteiger partial charge in [0.2, 0.25) is 0 Å². The van der Waals surface area contributed by atoms with Gasteiger partial charge in [-0.2, -0.15) is 0 Å². The molecule has 0 aliphatic rings. The van der Waals surface area contributed by atoms with Gasteiger partial charge in [0.1, 0.15) is 24.4 Å². The summed E-state index contributed by atoms with van der Waals surface area (Å²) in [5.74, 6) is -1.25. The number of esters is 2. The van der Waals surface area contributed by atoms with Crippen molar-refractivity contribution in [3.05, 3.63) is 35.4 Å². The van der Waals surface area contributed by atoms with Crippen LogP contribution in [0, 0.1) is 0 Å². The number of hydrogen-bond donors (Lipinski definition) is 0. The van der Waals surface area contributed by atoms with Crippen LogP contribution >= 0.6 is 0 Å². The third kappa shape index (κ3) is 9.11. The summed E-state index contributed by atoms with van der Waals surface area (Å²) >= 11 is 0. The molecular weight excluding hydrogens is 336 g/mol. The van der Waals surface area contributed by atoms with Crippen molar-refractivity contribution in [2.75, 3.05) is 13.2 Å². The van der Waals surface area contributed by atoms with Gasteiger partial charge < -0.3 is 9.47 Å². The van der Waals surface area contributed by atoms with Crippen LogP contribution in [0.2, 0.25) is 0 Å². The van der Waals surface area contributed by atoms with E-state index < -0.39 is 11.9 Å². The van der Waals surface area contributed by atoms with Crippen molar-refractivity contribution < 1.29 is 28.7 Å². The summed E-state index contributed by atoms with van der Waals surface area (Å²) in [4.78, 5) is 45.9. The van der Waals surface area contributed by atoms with Gasteiger partial charge in [-0.05, 0) is 37.8 Å². The second-order valence-corrected chi connectivity index (χ2v) is 5.86. The Bertz CT molecular complexity index is 563. The van der Waals surface area contributed by atoms with Gasteiger partial charge in [0.25, 0.3) is 0 Å². The van der Waals surface area contributed by atoms with Gasteiger partial charge in [0.05, 0.1) is 13.2 Å². The normalized spacial score (nSPS) is 10.2. The van der Waals surface area contributed by atoms with E-state index in [0.29, 0.717) is 12.8 Å². The molecule has 0 heterocycles. The van der Waals surface area contributed by atoms with Gasteiger partial charge >= 0.3 is 11.9 Å². The van der Waals surface area contributed by atoms with Crippen molar-refractivity contribution in [3.63, 3.8) is 0 Å². The highest BCUT2D eigenvalue weighted by atomic mass is 16.5. The molecule has 0 aliphatic carbocycles.